The molecule has 1 atom stereocenters. The third-order valence-corrected chi connectivity index (χ3v) is 3.35. The zero-order valence-corrected chi connectivity index (χ0v) is 8.03. The van der Waals surface area contributed by atoms with E-state index >= 15 is 0 Å². The first-order chi connectivity index (χ1) is 4.85. The number of carbonyl (C=O) groups excluding carboxylic acids is 1. The molecular formula is C10H18O. The van der Waals surface area contributed by atoms with Gasteiger partial charge in [0, 0.05) is 12.8 Å². The van der Waals surface area contributed by atoms with Gasteiger partial charge in [0.2, 0.25) is 0 Å². The fraction of sp³-hybridized carbons (Fsp3) is 0.900. The van der Waals surface area contributed by atoms with Crippen molar-refractivity contribution in [2.75, 3.05) is 0 Å². The number of hydrogen-bond donors (Lipinski definition) is 0. The van der Waals surface area contributed by atoms with Crippen LogP contribution in [0.5, 0.6) is 0 Å². The van der Waals surface area contributed by atoms with Crippen LogP contribution in [0, 0.1) is 10.8 Å². The monoisotopic (exact) mass is 154 g/mol. The van der Waals surface area contributed by atoms with Gasteiger partial charge < -0.3 is 0 Å². The second-order valence-corrected chi connectivity index (χ2v) is 5.03. The Morgan fingerprint density at radius 2 is 1.91 bits per heavy atom. The summed E-state index contributed by atoms with van der Waals surface area (Å²) in [5, 5.41) is 0. The van der Waals surface area contributed by atoms with Crippen molar-refractivity contribution < 1.29 is 4.79 Å². The number of carbonyl (C=O) groups is 1. The second-order valence-electron chi connectivity index (χ2n) is 5.03. The molecule has 0 aromatic rings. The zero-order chi connectivity index (χ0) is 8.70. The topological polar surface area (TPSA) is 17.1 Å². The van der Waals surface area contributed by atoms with Gasteiger partial charge in [-0.15, -0.1) is 0 Å². The molecule has 64 valence electrons. The van der Waals surface area contributed by atoms with Gasteiger partial charge in [-0.25, -0.2) is 0 Å². The second kappa shape index (κ2) is 2.33. The van der Waals surface area contributed by atoms with Gasteiger partial charge in [0.15, 0.2) is 0 Å². The molecule has 0 saturated heterocycles. The van der Waals surface area contributed by atoms with E-state index in [1.807, 2.05) is 0 Å². The molecule has 0 aliphatic heterocycles. The van der Waals surface area contributed by atoms with Gasteiger partial charge in [0.1, 0.15) is 5.78 Å². The minimum absolute atomic E-state index is 0.254. The van der Waals surface area contributed by atoms with Crippen LogP contribution in [0.4, 0.5) is 0 Å². The highest BCUT2D eigenvalue weighted by atomic mass is 16.1. The zero-order valence-electron chi connectivity index (χ0n) is 8.03. The highest BCUT2D eigenvalue weighted by molar-refractivity contribution is 5.81. The van der Waals surface area contributed by atoms with Crippen LogP contribution in [-0.4, -0.2) is 5.78 Å². The lowest BCUT2D eigenvalue weighted by atomic mass is 9.67. The highest BCUT2D eigenvalue weighted by Crippen LogP contribution is 2.49. The molecule has 1 rings (SSSR count). The molecule has 0 heterocycles. The van der Waals surface area contributed by atoms with Crippen LogP contribution in [0.1, 0.15) is 47.0 Å². The first kappa shape index (κ1) is 8.76. The van der Waals surface area contributed by atoms with Crippen LogP contribution in [0.3, 0.4) is 0 Å². The number of ketones is 1. The molecule has 0 radical (unpaired) electrons. The summed E-state index contributed by atoms with van der Waals surface area (Å²) in [6.45, 7) is 8.92. The maximum absolute atomic E-state index is 11.1. The molecule has 1 aliphatic rings. The van der Waals surface area contributed by atoms with Crippen LogP contribution < -0.4 is 0 Å². The quantitative estimate of drug-likeness (QED) is 0.524. The SMILES string of the molecule is CC(C)(C)C1(C)CCC(=O)C1. The Balaban J connectivity index is 2.77. The third kappa shape index (κ3) is 1.47. The normalized spacial score (nSPS) is 32.9. The average molecular weight is 154 g/mol. The molecule has 0 bridgehead atoms. The van der Waals surface area contributed by atoms with E-state index in [-0.39, 0.29) is 10.8 Å². The Bertz CT molecular complexity index is 176. The third-order valence-electron chi connectivity index (χ3n) is 3.35. The van der Waals surface area contributed by atoms with Crippen molar-refractivity contribution in [3.8, 4) is 0 Å². The van der Waals surface area contributed by atoms with E-state index in [0.29, 0.717) is 5.78 Å². The highest BCUT2D eigenvalue weighted by Gasteiger charge is 2.42. The summed E-state index contributed by atoms with van der Waals surface area (Å²) in [4.78, 5) is 11.1. The van der Waals surface area contributed by atoms with E-state index in [4.69, 9.17) is 0 Å². The van der Waals surface area contributed by atoms with E-state index in [9.17, 15) is 4.79 Å². The minimum atomic E-state index is 0.254. The maximum Gasteiger partial charge on any atom is 0.133 e. The lowest BCUT2D eigenvalue weighted by Gasteiger charge is -2.37. The van der Waals surface area contributed by atoms with Crippen LogP contribution in [0.25, 0.3) is 0 Å². The summed E-state index contributed by atoms with van der Waals surface area (Å²) in [6, 6.07) is 0. The first-order valence-electron chi connectivity index (χ1n) is 4.37. The molecule has 0 N–H and O–H groups in total. The van der Waals surface area contributed by atoms with Gasteiger partial charge in [0.05, 0.1) is 0 Å². The largest absolute Gasteiger partial charge is 0.300 e. The Morgan fingerprint density at radius 3 is 2.09 bits per heavy atom. The van der Waals surface area contributed by atoms with Crippen molar-refractivity contribution in [1.82, 2.24) is 0 Å². The lowest BCUT2D eigenvalue weighted by Crippen LogP contribution is -2.30. The summed E-state index contributed by atoms with van der Waals surface area (Å²) < 4.78 is 0. The molecule has 1 unspecified atom stereocenters. The summed E-state index contributed by atoms with van der Waals surface area (Å²) >= 11 is 0. The summed E-state index contributed by atoms with van der Waals surface area (Å²) in [7, 11) is 0. The van der Waals surface area contributed by atoms with Crippen molar-refractivity contribution in [2.45, 2.75) is 47.0 Å². The molecule has 1 nitrogen and oxygen atoms in total. The van der Waals surface area contributed by atoms with Gasteiger partial charge in [-0.1, -0.05) is 27.7 Å². The molecule has 1 aliphatic carbocycles. The van der Waals surface area contributed by atoms with Gasteiger partial charge in [-0.3, -0.25) is 4.79 Å². The predicted molar refractivity (Wildman–Crippen MR) is 46.4 cm³/mol. The van der Waals surface area contributed by atoms with Gasteiger partial charge in [-0.2, -0.15) is 0 Å². The van der Waals surface area contributed by atoms with E-state index < -0.39 is 0 Å². The molecule has 1 saturated carbocycles. The molecule has 11 heavy (non-hydrogen) atoms. The van der Waals surface area contributed by atoms with Crippen LogP contribution >= 0.6 is 0 Å². The fourth-order valence-corrected chi connectivity index (χ4v) is 1.67. The van der Waals surface area contributed by atoms with Crippen LogP contribution in [0.2, 0.25) is 0 Å². The number of Topliss-reactive ketones (excluding diaryl/α,β-unsaturated/α-hetero) is 1. The molecule has 0 aromatic heterocycles. The molecule has 1 fully saturated rings. The van der Waals surface area contributed by atoms with Crippen molar-refractivity contribution in [3.63, 3.8) is 0 Å². The van der Waals surface area contributed by atoms with Crippen molar-refractivity contribution in [1.29, 1.82) is 0 Å². The molecular weight excluding hydrogens is 136 g/mol. The molecule has 0 amide bonds. The van der Waals surface area contributed by atoms with Gasteiger partial charge in [0.25, 0.3) is 0 Å². The summed E-state index contributed by atoms with van der Waals surface area (Å²) in [5.74, 6) is 0.447. The Hall–Kier alpha value is -0.330. The number of rotatable bonds is 0. The smallest absolute Gasteiger partial charge is 0.133 e. The standard InChI is InChI=1S/C10H18O/c1-9(2,3)10(4)6-5-8(11)7-10/h5-7H2,1-4H3. The Kier molecular flexibility index (Phi) is 1.85. The van der Waals surface area contributed by atoms with Crippen LogP contribution in [-0.2, 0) is 4.79 Å². The molecule has 0 aromatic carbocycles. The van der Waals surface area contributed by atoms with E-state index in [1.165, 1.54) is 0 Å². The van der Waals surface area contributed by atoms with Crippen LogP contribution in [0.15, 0.2) is 0 Å². The van der Waals surface area contributed by atoms with E-state index in [1.54, 1.807) is 0 Å². The van der Waals surface area contributed by atoms with E-state index in [0.717, 1.165) is 19.3 Å². The summed E-state index contributed by atoms with van der Waals surface area (Å²) in [5.41, 5.74) is 0.531. The predicted octanol–water partition coefficient (Wildman–Crippen LogP) is 2.79. The van der Waals surface area contributed by atoms with E-state index in [2.05, 4.69) is 27.7 Å². The molecule has 0 spiro atoms. The minimum Gasteiger partial charge on any atom is -0.300 e. The Labute approximate surface area is 69.2 Å². The van der Waals surface area contributed by atoms with Gasteiger partial charge in [-0.05, 0) is 17.3 Å². The van der Waals surface area contributed by atoms with Crippen molar-refractivity contribution >= 4 is 5.78 Å². The fourth-order valence-electron chi connectivity index (χ4n) is 1.67. The van der Waals surface area contributed by atoms with Crippen molar-refractivity contribution in [3.05, 3.63) is 0 Å². The van der Waals surface area contributed by atoms with Crippen molar-refractivity contribution in [2.24, 2.45) is 10.8 Å². The van der Waals surface area contributed by atoms with Gasteiger partial charge >= 0.3 is 0 Å². The lowest BCUT2D eigenvalue weighted by molar-refractivity contribution is -0.118. The average Bonchev–Trinajstić information content (AvgIpc) is 2.10. The molecule has 1 heteroatoms. The number of hydrogen-bond acceptors (Lipinski definition) is 1. The Morgan fingerprint density at radius 1 is 1.36 bits per heavy atom. The first-order valence-corrected chi connectivity index (χ1v) is 4.37. The maximum atomic E-state index is 11.1. The summed E-state index contributed by atoms with van der Waals surface area (Å²) in [6.07, 6.45) is 2.67.